The van der Waals surface area contributed by atoms with Crippen LogP contribution in [0.5, 0.6) is 0 Å². The van der Waals surface area contributed by atoms with E-state index >= 15 is 0 Å². The minimum absolute atomic E-state index is 0.0888. The second-order valence-electron chi connectivity index (χ2n) is 5.80. The number of nitrogens with zero attached hydrogens (tertiary/aromatic N) is 1. The summed E-state index contributed by atoms with van der Waals surface area (Å²) < 4.78 is 39.2. The van der Waals surface area contributed by atoms with E-state index in [1.807, 2.05) is 0 Å². The number of nitrogens with one attached hydrogen (secondary N) is 1. The van der Waals surface area contributed by atoms with Crippen LogP contribution in [0.1, 0.15) is 17.5 Å². The molecule has 2 N–H and O–H groups in total. The highest BCUT2D eigenvalue weighted by Crippen LogP contribution is 2.37. The van der Waals surface area contributed by atoms with Crippen LogP contribution in [0.15, 0.2) is 33.9 Å². The summed E-state index contributed by atoms with van der Waals surface area (Å²) in [5, 5.41) is 9.24. The van der Waals surface area contributed by atoms with Gasteiger partial charge in [-0.25, -0.2) is 4.79 Å². The highest BCUT2D eigenvalue weighted by molar-refractivity contribution is 7.22. The van der Waals surface area contributed by atoms with Crippen LogP contribution in [-0.4, -0.2) is 21.3 Å². The first-order valence-electron chi connectivity index (χ1n) is 7.78. The van der Waals surface area contributed by atoms with E-state index in [1.54, 1.807) is 6.92 Å². The molecule has 0 unspecified atom stereocenters. The molecule has 0 bridgehead atoms. The number of hydrogen-bond donors (Lipinski definition) is 2. The molecule has 0 fully saturated rings. The van der Waals surface area contributed by atoms with E-state index in [1.165, 1.54) is 12.1 Å². The second kappa shape index (κ2) is 6.73. The number of thiophene rings is 1. The van der Waals surface area contributed by atoms with Crippen molar-refractivity contribution in [1.29, 1.82) is 0 Å². The van der Waals surface area contributed by atoms with Crippen molar-refractivity contribution < 1.29 is 18.3 Å². The Labute approximate surface area is 149 Å². The molecule has 2 heterocycles. The Balaban J connectivity index is 2.14. The summed E-state index contributed by atoms with van der Waals surface area (Å²) >= 11 is 1.15. The fourth-order valence-corrected chi connectivity index (χ4v) is 3.96. The monoisotopic (exact) mass is 384 g/mol. The lowest BCUT2D eigenvalue weighted by Crippen LogP contribution is -2.35. The molecule has 0 aliphatic carbocycles. The van der Waals surface area contributed by atoms with Crippen molar-refractivity contribution in [2.45, 2.75) is 26.1 Å². The van der Waals surface area contributed by atoms with Crippen molar-refractivity contribution in [2.75, 3.05) is 6.61 Å². The number of aryl methyl sites for hydroxylation is 1. The number of alkyl halides is 3. The summed E-state index contributed by atoms with van der Waals surface area (Å²) in [4.78, 5) is 28.4. The summed E-state index contributed by atoms with van der Waals surface area (Å²) in [7, 11) is 0. The smallest absolute Gasteiger partial charge is 0.396 e. The number of aromatic amines is 1. The highest BCUT2D eigenvalue weighted by Gasteiger charge is 2.30. The fourth-order valence-electron chi connectivity index (χ4n) is 2.77. The zero-order chi connectivity index (χ0) is 19.1. The zero-order valence-corrected chi connectivity index (χ0v) is 14.5. The number of aromatic nitrogens is 2. The van der Waals surface area contributed by atoms with Gasteiger partial charge in [0.25, 0.3) is 5.56 Å². The summed E-state index contributed by atoms with van der Waals surface area (Å²) in [6, 6.07) is 4.68. The molecular formula is C17H15F3N2O3S. The molecule has 5 nitrogen and oxygen atoms in total. The van der Waals surface area contributed by atoms with Crippen LogP contribution in [0.4, 0.5) is 13.2 Å². The molecule has 26 heavy (non-hydrogen) atoms. The lowest BCUT2D eigenvalue weighted by atomic mass is 10.1. The van der Waals surface area contributed by atoms with Crippen LogP contribution in [0.25, 0.3) is 20.7 Å². The third-order valence-electron chi connectivity index (χ3n) is 4.09. The molecule has 3 rings (SSSR count). The summed E-state index contributed by atoms with van der Waals surface area (Å²) in [5.74, 6) is 0. The Morgan fingerprint density at radius 3 is 2.42 bits per heavy atom. The fraction of sp³-hybridized carbons (Fsp3) is 0.294. The number of fused-ring (bicyclic) bond motifs is 1. The summed E-state index contributed by atoms with van der Waals surface area (Å²) in [5.41, 5.74) is -0.650. The molecule has 0 radical (unpaired) electrons. The van der Waals surface area contributed by atoms with Gasteiger partial charge in [0.1, 0.15) is 4.83 Å². The Kier molecular flexibility index (Phi) is 4.76. The first kappa shape index (κ1) is 18.4. The third-order valence-corrected chi connectivity index (χ3v) is 5.34. The normalized spacial score (nSPS) is 12.0. The molecule has 0 atom stereocenters. The third kappa shape index (κ3) is 3.19. The number of halogens is 3. The minimum atomic E-state index is -4.42. The average Bonchev–Trinajstić information content (AvgIpc) is 2.90. The molecule has 3 aromatic rings. The Hall–Kier alpha value is -2.39. The number of benzene rings is 1. The summed E-state index contributed by atoms with van der Waals surface area (Å²) in [6.45, 7) is 1.64. The van der Waals surface area contributed by atoms with Crippen molar-refractivity contribution in [3.05, 3.63) is 56.2 Å². The van der Waals surface area contributed by atoms with Gasteiger partial charge >= 0.3 is 11.9 Å². The molecule has 1 aromatic carbocycles. The van der Waals surface area contributed by atoms with Crippen LogP contribution in [0.2, 0.25) is 0 Å². The van der Waals surface area contributed by atoms with E-state index < -0.39 is 23.0 Å². The van der Waals surface area contributed by atoms with Crippen molar-refractivity contribution in [3.8, 4) is 10.4 Å². The molecule has 2 aromatic heterocycles. The minimum Gasteiger partial charge on any atom is -0.396 e. The maximum absolute atomic E-state index is 12.7. The second-order valence-corrected chi connectivity index (χ2v) is 6.82. The first-order chi connectivity index (χ1) is 12.2. The van der Waals surface area contributed by atoms with Gasteiger partial charge in [-0.15, -0.1) is 11.3 Å². The van der Waals surface area contributed by atoms with Crippen LogP contribution >= 0.6 is 11.3 Å². The molecule has 0 saturated carbocycles. The van der Waals surface area contributed by atoms with Gasteiger partial charge < -0.3 is 5.11 Å². The molecule has 138 valence electrons. The van der Waals surface area contributed by atoms with Gasteiger partial charge in [-0.2, -0.15) is 13.2 Å². The quantitative estimate of drug-likeness (QED) is 0.726. The van der Waals surface area contributed by atoms with Gasteiger partial charge in [-0.3, -0.25) is 14.3 Å². The van der Waals surface area contributed by atoms with Gasteiger partial charge in [0.2, 0.25) is 0 Å². The molecule has 0 amide bonds. The van der Waals surface area contributed by atoms with E-state index in [9.17, 15) is 22.8 Å². The van der Waals surface area contributed by atoms with Gasteiger partial charge in [-0.1, -0.05) is 12.1 Å². The van der Waals surface area contributed by atoms with E-state index in [0.717, 1.165) is 28.0 Å². The predicted molar refractivity (Wildman–Crippen MR) is 93.6 cm³/mol. The molecule has 0 aliphatic heterocycles. The van der Waals surface area contributed by atoms with Crippen molar-refractivity contribution in [1.82, 2.24) is 9.55 Å². The van der Waals surface area contributed by atoms with Crippen LogP contribution in [0, 0.1) is 6.92 Å². The van der Waals surface area contributed by atoms with Crippen LogP contribution in [-0.2, 0) is 12.7 Å². The number of rotatable bonds is 4. The SMILES string of the molecule is Cc1c(-c2ccc(C(F)(F)F)cc2)sc2[nH]c(=O)n(CCCO)c(=O)c12. The Bertz CT molecular complexity index is 1060. The summed E-state index contributed by atoms with van der Waals surface area (Å²) in [6.07, 6.45) is -4.15. The maximum atomic E-state index is 12.7. The van der Waals surface area contributed by atoms with E-state index in [-0.39, 0.29) is 19.6 Å². The number of aliphatic hydroxyl groups is 1. The largest absolute Gasteiger partial charge is 0.416 e. The Morgan fingerprint density at radius 2 is 1.85 bits per heavy atom. The van der Waals surface area contributed by atoms with Crippen molar-refractivity contribution in [3.63, 3.8) is 0 Å². The number of H-pyrrole nitrogens is 1. The molecular weight excluding hydrogens is 369 g/mol. The van der Waals surface area contributed by atoms with Gasteiger partial charge in [0.05, 0.1) is 10.9 Å². The Morgan fingerprint density at radius 1 is 1.19 bits per heavy atom. The van der Waals surface area contributed by atoms with Crippen LogP contribution in [0.3, 0.4) is 0 Å². The molecule has 0 aliphatic rings. The number of hydrogen-bond acceptors (Lipinski definition) is 4. The molecule has 0 saturated heterocycles. The lowest BCUT2D eigenvalue weighted by Gasteiger charge is -2.07. The van der Waals surface area contributed by atoms with Crippen LogP contribution < -0.4 is 11.2 Å². The topological polar surface area (TPSA) is 75.1 Å². The van der Waals surface area contributed by atoms with Gasteiger partial charge in [0, 0.05) is 18.0 Å². The van der Waals surface area contributed by atoms with Crippen molar-refractivity contribution >= 4 is 21.6 Å². The average molecular weight is 384 g/mol. The van der Waals surface area contributed by atoms with E-state index in [2.05, 4.69) is 4.98 Å². The standard InChI is InChI=1S/C17H15F3N2O3S/c1-9-12-14(21-16(25)22(15(12)24)7-2-8-23)26-13(9)10-3-5-11(6-4-10)17(18,19)20/h3-6,23H,2,7-8H2,1H3,(H,21,25). The lowest BCUT2D eigenvalue weighted by molar-refractivity contribution is -0.137. The predicted octanol–water partition coefficient (Wildman–Crippen LogP) is 3.13. The van der Waals surface area contributed by atoms with Crippen molar-refractivity contribution in [2.24, 2.45) is 0 Å². The van der Waals surface area contributed by atoms with Gasteiger partial charge in [0.15, 0.2) is 0 Å². The number of aliphatic hydroxyl groups excluding tert-OH is 1. The molecule has 0 spiro atoms. The van der Waals surface area contributed by atoms with E-state index in [0.29, 0.717) is 26.2 Å². The first-order valence-corrected chi connectivity index (χ1v) is 8.60. The van der Waals surface area contributed by atoms with E-state index in [4.69, 9.17) is 5.11 Å². The van der Waals surface area contributed by atoms with Gasteiger partial charge in [-0.05, 0) is 36.6 Å². The maximum Gasteiger partial charge on any atom is 0.416 e. The molecule has 9 heteroatoms. The zero-order valence-electron chi connectivity index (χ0n) is 13.7. The highest BCUT2D eigenvalue weighted by atomic mass is 32.1.